The number of rotatable bonds is 5. The molecule has 1 amide bonds. The largest absolute Gasteiger partial charge is 0.323 e. The van der Waals surface area contributed by atoms with E-state index in [1.165, 1.54) is 5.56 Å². The van der Waals surface area contributed by atoms with Crippen LogP contribution in [0.5, 0.6) is 0 Å². The number of terminal acetylenes is 1. The zero-order chi connectivity index (χ0) is 17.6. The minimum absolute atomic E-state index is 0.0782. The van der Waals surface area contributed by atoms with Crippen molar-refractivity contribution in [1.29, 1.82) is 0 Å². The summed E-state index contributed by atoms with van der Waals surface area (Å²) < 4.78 is 1.75. The number of carbonyl (C=O) groups excluding carboxylic acids is 1. The Morgan fingerprint density at radius 2 is 1.88 bits per heavy atom. The molecule has 2 aromatic carbocycles. The number of hydrogen-bond donors (Lipinski definition) is 0. The Morgan fingerprint density at radius 1 is 1.16 bits per heavy atom. The Kier molecular flexibility index (Phi) is 4.96. The Labute approximate surface area is 147 Å². The lowest BCUT2D eigenvalue weighted by Gasteiger charge is -2.20. The molecule has 3 aromatic rings. The van der Waals surface area contributed by atoms with Gasteiger partial charge in [0.15, 0.2) is 0 Å². The molecule has 4 nitrogen and oxygen atoms in total. The summed E-state index contributed by atoms with van der Waals surface area (Å²) in [5.41, 5.74) is 3.76. The van der Waals surface area contributed by atoms with Gasteiger partial charge < -0.3 is 4.90 Å². The molecule has 1 heterocycles. The minimum Gasteiger partial charge on any atom is -0.323 e. The van der Waals surface area contributed by atoms with Gasteiger partial charge in [0, 0.05) is 24.5 Å². The SMILES string of the molecule is C#CCN(Cc1ccc(C)cc1)C(=O)c1ccc(-n2cccn2)cc1. The number of aromatic nitrogens is 2. The second-order valence-electron chi connectivity index (χ2n) is 5.85. The fourth-order valence-corrected chi connectivity index (χ4v) is 2.58. The third-order valence-corrected chi connectivity index (χ3v) is 3.95. The van der Waals surface area contributed by atoms with Crippen molar-refractivity contribution in [3.63, 3.8) is 0 Å². The lowest BCUT2D eigenvalue weighted by atomic mass is 10.1. The maximum Gasteiger partial charge on any atom is 0.254 e. The first-order valence-corrected chi connectivity index (χ1v) is 8.06. The molecule has 0 aliphatic rings. The monoisotopic (exact) mass is 329 g/mol. The normalized spacial score (nSPS) is 10.2. The molecule has 0 spiro atoms. The van der Waals surface area contributed by atoms with Crippen molar-refractivity contribution >= 4 is 5.91 Å². The Bertz CT molecular complexity index is 872. The molecular weight excluding hydrogens is 310 g/mol. The van der Waals surface area contributed by atoms with Crippen molar-refractivity contribution in [2.75, 3.05) is 6.54 Å². The third-order valence-electron chi connectivity index (χ3n) is 3.95. The highest BCUT2D eigenvalue weighted by Gasteiger charge is 2.15. The molecule has 0 atom stereocenters. The van der Waals surface area contributed by atoms with Crippen LogP contribution >= 0.6 is 0 Å². The van der Waals surface area contributed by atoms with Crippen molar-refractivity contribution in [1.82, 2.24) is 14.7 Å². The van der Waals surface area contributed by atoms with E-state index in [0.717, 1.165) is 11.3 Å². The molecule has 4 heteroatoms. The summed E-state index contributed by atoms with van der Waals surface area (Å²) in [6.07, 6.45) is 9.03. The van der Waals surface area contributed by atoms with E-state index in [1.54, 1.807) is 27.9 Å². The molecule has 1 aromatic heterocycles. The van der Waals surface area contributed by atoms with Crippen LogP contribution in [0.3, 0.4) is 0 Å². The van der Waals surface area contributed by atoms with Crippen LogP contribution in [-0.4, -0.2) is 27.1 Å². The summed E-state index contributed by atoms with van der Waals surface area (Å²) in [6.45, 7) is 2.80. The highest BCUT2D eigenvalue weighted by molar-refractivity contribution is 5.94. The quantitative estimate of drug-likeness (QED) is 0.672. The first-order valence-electron chi connectivity index (χ1n) is 8.06. The van der Waals surface area contributed by atoms with Gasteiger partial charge in [0.2, 0.25) is 0 Å². The Morgan fingerprint density at radius 3 is 2.48 bits per heavy atom. The van der Waals surface area contributed by atoms with Crippen molar-refractivity contribution < 1.29 is 4.79 Å². The lowest BCUT2D eigenvalue weighted by Crippen LogP contribution is -2.30. The number of hydrogen-bond acceptors (Lipinski definition) is 2. The predicted octanol–water partition coefficient (Wildman–Crippen LogP) is 3.46. The Balaban J connectivity index is 1.78. The molecule has 0 N–H and O–H groups in total. The van der Waals surface area contributed by atoms with E-state index in [0.29, 0.717) is 12.1 Å². The molecular formula is C21H19N3O. The van der Waals surface area contributed by atoms with Crippen molar-refractivity contribution in [3.05, 3.63) is 83.7 Å². The van der Waals surface area contributed by atoms with E-state index >= 15 is 0 Å². The second kappa shape index (κ2) is 7.50. The molecule has 0 fully saturated rings. The first-order chi connectivity index (χ1) is 12.2. The van der Waals surface area contributed by atoms with Gasteiger partial charge in [-0.05, 0) is 42.8 Å². The molecule has 0 aliphatic carbocycles. The van der Waals surface area contributed by atoms with Crippen LogP contribution in [0.4, 0.5) is 0 Å². The van der Waals surface area contributed by atoms with Gasteiger partial charge in [-0.2, -0.15) is 5.10 Å². The minimum atomic E-state index is -0.0782. The van der Waals surface area contributed by atoms with Gasteiger partial charge in [0.05, 0.1) is 12.2 Å². The molecule has 0 unspecified atom stereocenters. The van der Waals surface area contributed by atoms with Crippen LogP contribution in [0.2, 0.25) is 0 Å². The predicted molar refractivity (Wildman–Crippen MR) is 98.3 cm³/mol. The van der Waals surface area contributed by atoms with Gasteiger partial charge in [-0.15, -0.1) is 6.42 Å². The van der Waals surface area contributed by atoms with E-state index in [1.807, 2.05) is 55.6 Å². The number of benzene rings is 2. The molecule has 0 saturated carbocycles. The van der Waals surface area contributed by atoms with E-state index in [9.17, 15) is 4.79 Å². The van der Waals surface area contributed by atoms with Crippen LogP contribution in [0.25, 0.3) is 5.69 Å². The summed E-state index contributed by atoms with van der Waals surface area (Å²) in [5.74, 6) is 2.50. The second-order valence-corrected chi connectivity index (χ2v) is 5.85. The van der Waals surface area contributed by atoms with Crippen molar-refractivity contribution in [3.8, 4) is 18.0 Å². The highest BCUT2D eigenvalue weighted by atomic mass is 16.2. The van der Waals surface area contributed by atoms with Gasteiger partial charge in [-0.3, -0.25) is 4.79 Å². The fraction of sp³-hybridized carbons (Fsp3) is 0.143. The molecule has 25 heavy (non-hydrogen) atoms. The topological polar surface area (TPSA) is 38.1 Å². The third kappa shape index (κ3) is 3.96. The molecule has 3 rings (SSSR count). The smallest absolute Gasteiger partial charge is 0.254 e. The maximum atomic E-state index is 12.8. The standard InChI is InChI=1S/C21H19N3O/c1-3-14-23(16-18-7-5-17(2)6-8-18)21(25)19-9-11-20(12-10-19)24-15-4-13-22-24/h1,4-13,15H,14,16H2,2H3. The van der Waals surface area contributed by atoms with Gasteiger partial charge in [-0.25, -0.2) is 4.68 Å². The van der Waals surface area contributed by atoms with Crippen LogP contribution in [0.1, 0.15) is 21.5 Å². The highest BCUT2D eigenvalue weighted by Crippen LogP contribution is 2.13. The van der Waals surface area contributed by atoms with Crippen LogP contribution in [0, 0.1) is 19.3 Å². The van der Waals surface area contributed by atoms with Crippen LogP contribution < -0.4 is 0 Å². The van der Waals surface area contributed by atoms with Gasteiger partial charge in [-0.1, -0.05) is 35.7 Å². The summed E-state index contributed by atoms with van der Waals surface area (Å²) in [6, 6.07) is 17.3. The summed E-state index contributed by atoms with van der Waals surface area (Å²) in [7, 11) is 0. The number of carbonyl (C=O) groups is 1. The zero-order valence-electron chi connectivity index (χ0n) is 14.1. The molecule has 0 saturated heterocycles. The maximum absolute atomic E-state index is 12.8. The van der Waals surface area contributed by atoms with Crippen molar-refractivity contribution in [2.45, 2.75) is 13.5 Å². The van der Waals surface area contributed by atoms with E-state index in [-0.39, 0.29) is 12.5 Å². The van der Waals surface area contributed by atoms with E-state index in [2.05, 4.69) is 11.0 Å². The average Bonchev–Trinajstić information content (AvgIpc) is 3.17. The fourth-order valence-electron chi connectivity index (χ4n) is 2.58. The Hall–Kier alpha value is -3.32. The van der Waals surface area contributed by atoms with Gasteiger partial charge in [0.1, 0.15) is 0 Å². The average molecular weight is 329 g/mol. The number of nitrogens with zero attached hydrogens (tertiary/aromatic N) is 3. The lowest BCUT2D eigenvalue weighted by molar-refractivity contribution is 0.0766. The summed E-state index contributed by atoms with van der Waals surface area (Å²) >= 11 is 0. The summed E-state index contributed by atoms with van der Waals surface area (Å²) in [5, 5.41) is 4.18. The zero-order valence-corrected chi connectivity index (χ0v) is 14.1. The molecule has 0 radical (unpaired) electrons. The van der Waals surface area contributed by atoms with Gasteiger partial charge >= 0.3 is 0 Å². The van der Waals surface area contributed by atoms with E-state index < -0.39 is 0 Å². The van der Waals surface area contributed by atoms with Crippen molar-refractivity contribution in [2.24, 2.45) is 0 Å². The number of amides is 1. The number of aryl methyl sites for hydroxylation is 1. The molecule has 0 bridgehead atoms. The molecule has 0 aliphatic heterocycles. The van der Waals surface area contributed by atoms with Crippen LogP contribution in [0.15, 0.2) is 67.0 Å². The van der Waals surface area contributed by atoms with Gasteiger partial charge in [0.25, 0.3) is 5.91 Å². The first kappa shape index (κ1) is 16.5. The van der Waals surface area contributed by atoms with E-state index in [4.69, 9.17) is 6.42 Å². The van der Waals surface area contributed by atoms with Crippen LogP contribution in [-0.2, 0) is 6.54 Å². The molecule has 124 valence electrons. The summed E-state index contributed by atoms with van der Waals surface area (Å²) in [4.78, 5) is 14.5.